The van der Waals surface area contributed by atoms with E-state index in [0.29, 0.717) is 5.17 Å². The number of thioether (sulfide) groups is 1. The molecular formula is C17H13N3O3S. The molecule has 1 saturated heterocycles. The molecule has 3 rings (SSSR count). The fraction of sp³-hybridized carbons (Fsp3) is 0.0588. The lowest BCUT2D eigenvalue weighted by atomic mass is 10.1. The Morgan fingerprint density at radius 3 is 2.79 bits per heavy atom. The van der Waals surface area contributed by atoms with Crippen LogP contribution in [0.15, 0.2) is 63.6 Å². The molecule has 0 saturated carbocycles. The lowest BCUT2D eigenvalue weighted by Crippen LogP contribution is -2.19. The van der Waals surface area contributed by atoms with Gasteiger partial charge in [0, 0.05) is 6.08 Å². The molecule has 0 spiro atoms. The molecule has 7 heteroatoms. The first kappa shape index (κ1) is 15.9. The third-order valence-corrected chi connectivity index (χ3v) is 4.13. The van der Waals surface area contributed by atoms with Crippen molar-refractivity contribution in [1.29, 1.82) is 0 Å². The topological polar surface area (TPSA) is 80.1 Å². The Labute approximate surface area is 142 Å². The van der Waals surface area contributed by atoms with Crippen molar-refractivity contribution < 1.29 is 14.3 Å². The Morgan fingerprint density at radius 1 is 1.21 bits per heavy atom. The molecule has 0 aromatic heterocycles. The normalized spacial score (nSPS) is 17.8. The highest BCUT2D eigenvalue weighted by molar-refractivity contribution is 8.18. The van der Waals surface area contributed by atoms with Crippen molar-refractivity contribution in [1.82, 2.24) is 5.32 Å². The van der Waals surface area contributed by atoms with E-state index in [-0.39, 0.29) is 4.91 Å². The molecule has 2 aromatic rings. The highest BCUT2D eigenvalue weighted by Gasteiger charge is 2.24. The van der Waals surface area contributed by atoms with Gasteiger partial charge in [-0.3, -0.25) is 10.1 Å². The second-order valence-corrected chi connectivity index (χ2v) is 5.87. The first-order valence-corrected chi connectivity index (χ1v) is 7.86. The molecule has 6 nitrogen and oxygen atoms in total. The van der Waals surface area contributed by atoms with E-state index in [1.165, 1.54) is 7.11 Å². The van der Waals surface area contributed by atoms with Crippen molar-refractivity contribution in [3.05, 3.63) is 59.0 Å². The average Bonchev–Trinajstić information content (AvgIpc) is 2.94. The molecule has 1 fully saturated rings. The number of ether oxygens (including phenoxy) is 1. The Kier molecular flexibility index (Phi) is 4.72. The van der Waals surface area contributed by atoms with Gasteiger partial charge in [0.25, 0.3) is 5.91 Å². The summed E-state index contributed by atoms with van der Waals surface area (Å²) in [5, 5.41) is 13.0. The quantitative estimate of drug-likeness (QED) is 0.403. The lowest BCUT2D eigenvalue weighted by molar-refractivity contribution is -0.135. The van der Waals surface area contributed by atoms with Crippen LogP contribution in [-0.4, -0.2) is 30.4 Å². The van der Waals surface area contributed by atoms with Crippen LogP contribution in [-0.2, 0) is 14.3 Å². The van der Waals surface area contributed by atoms with Crippen LogP contribution in [0.25, 0.3) is 10.8 Å². The van der Waals surface area contributed by atoms with E-state index in [4.69, 9.17) is 0 Å². The zero-order valence-corrected chi connectivity index (χ0v) is 13.5. The van der Waals surface area contributed by atoms with Crippen molar-refractivity contribution in [2.75, 3.05) is 7.11 Å². The number of amides is 1. The third-order valence-electron chi connectivity index (χ3n) is 3.23. The summed E-state index contributed by atoms with van der Waals surface area (Å²) in [6.07, 6.45) is 2.73. The third kappa shape index (κ3) is 3.69. The Hall–Kier alpha value is -2.93. The van der Waals surface area contributed by atoms with Crippen molar-refractivity contribution in [2.45, 2.75) is 0 Å². The molecule has 1 aliphatic heterocycles. The minimum absolute atomic E-state index is 0.224. The fourth-order valence-corrected chi connectivity index (χ4v) is 2.82. The number of amidine groups is 1. The summed E-state index contributed by atoms with van der Waals surface area (Å²) in [4.78, 5) is 23.1. The maximum absolute atomic E-state index is 11.7. The summed E-state index contributed by atoms with van der Waals surface area (Å²) >= 11 is 1.04. The fourth-order valence-electron chi connectivity index (χ4n) is 2.08. The van der Waals surface area contributed by atoms with E-state index >= 15 is 0 Å². The van der Waals surface area contributed by atoms with Gasteiger partial charge >= 0.3 is 5.97 Å². The standard InChI is InChI=1S/C17H13N3O3S/c1-23-15(21)9-14-16(22)19-17(24-14)20-18-10-11-6-7-12-4-2-3-5-13(12)8-11/h2-10H,1H3,(H,19,20,22)/b14-9+,18-10?. The van der Waals surface area contributed by atoms with E-state index in [0.717, 1.165) is 34.2 Å². The molecule has 24 heavy (non-hydrogen) atoms. The Balaban J connectivity index is 1.73. The number of carbonyl (C=O) groups is 2. The first-order chi connectivity index (χ1) is 11.7. The van der Waals surface area contributed by atoms with Gasteiger partial charge in [0.2, 0.25) is 0 Å². The Morgan fingerprint density at radius 2 is 2.00 bits per heavy atom. The number of hydrogen-bond donors (Lipinski definition) is 1. The van der Waals surface area contributed by atoms with Gasteiger partial charge in [-0.05, 0) is 34.2 Å². The first-order valence-electron chi connectivity index (χ1n) is 7.04. The second kappa shape index (κ2) is 7.10. The summed E-state index contributed by atoms with van der Waals surface area (Å²) in [5.74, 6) is -0.987. The number of benzene rings is 2. The second-order valence-electron chi connectivity index (χ2n) is 4.84. The van der Waals surface area contributed by atoms with Crippen LogP contribution >= 0.6 is 11.8 Å². The number of esters is 1. The molecule has 0 atom stereocenters. The van der Waals surface area contributed by atoms with E-state index in [1.807, 2.05) is 42.5 Å². The van der Waals surface area contributed by atoms with E-state index in [9.17, 15) is 9.59 Å². The maximum Gasteiger partial charge on any atom is 0.331 e. The molecule has 1 amide bonds. The number of nitrogens with zero attached hydrogens (tertiary/aromatic N) is 2. The number of fused-ring (bicyclic) bond motifs is 1. The number of carbonyl (C=O) groups excluding carboxylic acids is 2. The number of rotatable bonds is 3. The zero-order chi connectivity index (χ0) is 16.9. The number of methoxy groups -OCH3 is 1. The molecule has 120 valence electrons. The van der Waals surface area contributed by atoms with Gasteiger partial charge < -0.3 is 4.74 Å². The predicted molar refractivity (Wildman–Crippen MR) is 94.8 cm³/mol. The molecule has 0 unspecified atom stereocenters. The maximum atomic E-state index is 11.7. The number of nitrogens with one attached hydrogen (secondary N) is 1. The smallest absolute Gasteiger partial charge is 0.331 e. The van der Waals surface area contributed by atoms with Crippen LogP contribution in [0, 0.1) is 0 Å². The van der Waals surface area contributed by atoms with Gasteiger partial charge in [0.15, 0.2) is 5.17 Å². The van der Waals surface area contributed by atoms with Crippen molar-refractivity contribution in [3.63, 3.8) is 0 Å². The molecule has 1 heterocycles. The van der Waals surface area contributed by atoms with Crippen LogP contribution in [0.2, 0.25) is 0 Å². The molecule has 0 aliphatic carbocycles. The summed E-state index contributed by atoms with van der Waals surface area (Å²) in [6, 6.07) is 14.0. The molecule has 1 aliphatic rings. The monoisotopic (exact) mass is 339 g/mol. The van der Waals surface area contributed by atoms with Crippen molar-refractivity contribution in [2.24, 2.45) is 10.2 Å². The van der Waals surface area contributed by atoms with Gasteiger partial charge in [-0.1, -0.05) is 36.4 Å². The van der Waals surface area contributed by atoms with Crippen LogP contribution in [0.4, 0.5) is 0 Å². The summed E-state index contributed by atoms with van der Waals surface area (Å²) in [6.45, 7) is 0. The Bertz CT molecular complexity index is 903. The summed E-state index contributed by atoms with van der Waals surface area (Å²) in [7, 11) is 1.25. The summed E-state index contributed by atoms with van der Waals surface area (Å²) < 4.78 is 4.49. The molecule has 0 bridgehead atoms. The van der Waals surface area contributed by atoms with Gasteiger partial charge in [0.05, 0.1) is 18.2 Å². The molecule has 2 aromatic carbocycles. The van der Waals surface area contributed by atoms with Crippen LogP contribution < -0.4 is 5.32 Å². The van der Waals surface area contributed by atoms with Gasteiger partial charge in [-0.2, -0.15) is 5.10 Å². The van der Waals surface area contributed by atoms with E-state index < -0.39 is 11.9 Å². The molecule has 0 radical (unpaired) electrons. The van der Waals surface area contributed by atoms with Crippen LogP contribution in [0.1, 0.15) is 5.56 Å². The zero-order valence-electron chi connectivity index (χ0n) is 12.7. The van der Waals surface area contributed by atoms with Gasteiger partial charge in [-0.15, -0.1) is 5.10 Å². The highest BCUT2D eigenvalue weighted by atomic mass is 32.2. The van der Waals surface area contributed by atoms with Gasteiger partial charge in [-0.25, -0.2) is 4.79 Å². The van der Waals surface area contributed by atoms with Gasteiger partial charge in [0.1, 0.15) is 0 Å². The minimum atomic E-state index is -0.589. The van der Waals surface area contributed by atoms with Crippen LogP contribution in [0.3, 0.4) is 0 Å². The van der Waals surface area contributed by atoms with Crippen LogP contribution in [0.5, 0.6) is 0 Å². The highest BCUT2D eigenvalue weighted by Crippen LogP contribution is 2.23. The molecular weight excluding hydrogens is 326 g/mol. The van der Waals surface area contributed by atoms with E-state index in [1.54, 1.807) is 6.21 Å². The summed E-state index contributed by atoms with van der Waals surface area (Å²) in [5.41, 5.74) is 0.901. The SMILES string of the molecule is COC(=O)/C=C1/S/C(=N\N=Cc2ccc3ccccc3c2)NC1=O. The van der Waals surface area contributed by atoms with Crippen molar-refractivity contribution in [3.8, 4) is 0 Å². The number of hydrogen-bond acceptors (Lipinski definition) is 6. The van der Waals surface area contributed by atoms with E-state index in [2.05, 4.69) is 20.3 Å². The average molecular weight is 339 g/mol. The lowest BCUT2D eigenvalue weighted by Gasteiger charge is -1.98. The van der Waals surface area contributed by atoms with Crippen molar-refractivity contribution >= 4 is 45.8 Å². The largest absolute Gasteiger partial charge is 0.466 e. The molecule has 1 N–H and O–H groups in total. The predicted octanol–water partition coefficient (Wildman–Crippen LogP) is 2.45. The minimum Gasteiger partial charge on any atom is -0.466 e.